The highest BCUT2D eigenvalue weighted by Gasteiger charge is 2.17. The molecule has 8 nitrogen and oxygen atoms in total. The number of amides is 1. The van der Waals surface area contributed by atoms with E-state index in [-0.39, 0.29) is 16.8 Å². The quantitative estimate of drug-likeness (QED) is 0.753. The van der Waals surface area contributed by atoms with Gasteiger partial charge < -0.3 is 5.32 Å². The van der Waals surface area contributed by atoms with Gasteiger partial charge in [-0.05, 0) is 37.6 Å². The van der Waals surface area contributed by atoms with Crippen LogP contribution >= 0.6 is 0 Å². The molecule has 2 heterocycles. The summed E-state index contributed by atoms with van der Waals surface area (Å²) in [6, 6.07) is 7.82. The SMILES string of the molecule is Cc1ccnc2nc(C(=O)N[C@H](C)c3ccc(S(C)(=O)=O)cc3)nn12. The van der Waals surface area contributed by atoms with Gasteiger partial charge in [-0.2, -0.15) is 4.98 Å². The minimum atomic E-state index is -3.25. The zero-order chi connectivity index (χ0) is 18.2. The molecule has 1 atom stereocenters. The van der Waals surface area contributed by atoms with Crippen LogP contribution < -0.4 is 5.32 Å². The lowest BCUT2D eigenvalue weighted by Crippen LogP contribution is -2.27. The zero-order valence-electron chi connectivity index (χ0n) is 14.0. The van der Waals surface area contributed by atoms with Gasteiger partial charge in [0.1, 0.15) is 0 Å². The molecule has 0 unspecified atom stereocenters. The van der Waals surface area contributed by atoms with Gasteiger partial charge in [-0.15, -0.1) is 5.10 Å². The van der Waals surface area contributed by atoms with Crippen LogP contribution in [-0.2, 0) is 9.84 Å². The van der Waals surface area contributed by atoms with E-state index in [0.29, 0.717) is 5.78 Å². The second kappa shape index (κ2) is 6.25. The van der Waals surface area contributed by atoms with Crippen LogP contribution in [0, 0.1) is 6.92 Å². The smallest absolute Gasteiger partial charge is 0.291 e. The first-order chi connectivity index (χ1) is 11.8. The molecule has 3 rings (SSSR count). The summed E-state index contributed by atoms with van der Waals surface area (Å²) in [6.07, 6.45) is 2.76. The van der Waals surface area contributed by atoms with Crippen LogP contribution in [0.4, 0.5) is 0 Å². The van der Waals surface area contributed by atoms with E-state index in [4.69, 9.17) is 0 Å². The van der Waals surface area contributed by atoms with E-state index >= 15 is 0 Å². The predicted molar refractivity (Wildman–Crippen MR) is 91.0 cm³/mol. The molecule has 0 aliphatic carbocycles. The van der Waals surface area contributed by atoms with E-state index in [0.717, 1.165) is 17.5 Å². The maximum absolute atomic E-state index is 12.4. The normalized spacial score (nSPS) is 12.9. The highest BCUT2D eigenvalue weighted by molar-refractivity contribution is 7.90. The molecule has 0 aliphatic heterocycles. The van der Waals surface area contributed by atoms with E-state index in [1.807, 2.05) is 6.92 Å². The van der Waals surface area contributed by atoms with E-state index in [9.17, 15) is 13.2 Å². The number of fused-ring (bicyclic) bond motifs is 1. The third kappa shape index (κ3) is 3.50. The zero-order valence-corrected chi connectivity index (χ0v) is 14.8. The maximum atomic E-state index is 12.4. The summed E-state index contributed by atoms with van der Waals surface area (Å²) in [5.41, 5.74) is 1.60. The van der Waals surface area contributed by atoms with Crippen LogP contribution in [0.3, 0.4) is 0 Å². The Balaban J connectivity index is 1.78. The summed E-state index contributed by atoms with van der Waals surface area (Å²) in [7, 11) is -3.25. The molecule has 3 aromatic rings. The van der Waals surface area contributed by atoms with Crippen molar-refractivity contribution < 1.29 is 13.2 Å². The number of nitrogens with one attached hydrogen (secondary N) is 1. The molecule has 0 saturated heterocycles. The van der Waals surface area contributed by atoms with Gasteiger partial charge in [-0.3, -0.25) is 4.79 Å². The number of benzene rings is 1. The Morgan fingerprint density at radius 3 is 2.48 bits per heavy atom. The fraction of sp³-hybridized carbons (Fsp3) is 0.250. The average Bonchev–Trinajstić information content (AvgIpc) is 3.00. The second-order valence-electron chi connectivity index (χ2n) is 5.77. The van der Waals surface area contributed by atoms with Crippen molar-refractivity contribution in [3.63, 3.8) is 0 Å². The highest BCUT2D eigenvalue weighted by Crippen LogP contribution is 2.16. The highest BCUT2D eigenvalue weighted by atomic mass is 32.2. The van der Waals surface area contributed by atoms with Crippen molar-refractivity contribution in [1.29, 1.82) is 0 Å². The van der Waals surface area contributed by atoms with Gasteiger partial charge in [0.05, 0.1) is 10.9 Å². The average molecular weight is 359 g/mol. The summed E-state index contributed by atoms with van der Waals surface area (Å²) in [5.74, 6) is -0.0405. The number of aryl methyl sites for hydroxylation is 1. The number of aromatic nitrogens is 4. The van der Waals surface area contributed by atoms with Gasteiger partial charge in [0.15, 0.2) is 9.84 Å². The Bertz CT molecular complexity index is 1040. The maximum Gasteiger partial charge on any atom is 0.291 e. The van der Waals surface area contributed by atoms with Crippen molar-refractivity contribution in [1.82, 2.24) is 24.9 Å². The first kappa shape index (κ1) is 17.0. The topological polar surface area (TPSA) is 106 Å². The summed E-state index contributed by atoms with van der Waals surface area (Å²) in [5, 5.41) is 6.95. The van der Waals surface area contributed by atoms with Gasteiger partial charge in [0.25, 0.3) is 11.7 Å². The fourth-order valence-corrected chi connectivity index (χ4v) is 2.98. The van der Waals surface area contributed by atoms with Crippen molar-refractivity contribution in [3.05, 3.63) is 53.6 Å². The number of carbonyl (C=O) groups is 1. The molecule has 1 amide bonds. The molecular weight excluding hydrogens is 342 g/mol. The van der Waals surface area contributed by atoms with E-state index in [2.05, 4.69) is 20.4 Å². The minimum absolute atomic E-state index is 0.0291. The third-order valence-corrected chi connectivity index (χ3v) is 4.92. The molecule has 25 heavy (non-hydrogen) atoms. The molecule has 2 aromatic heterocycles. The Kier molecular flexibility index (Phi) is 4.25. The molecule has 0 fully saturated rings. The van der Waals surface area contributed by atoms with Gasteiger partial charge >= 0.3 is 0 Å². The lowest BCUT2D eigenvalue weighted by molar-refractivity contribution is 0.0929. The fourth-order valence-electron chi connectivity index (χ4n) is 2.35. The molecule has 0 radical (unpaired) electrons. The van der Waals surface area contributed by atoms with Gasteiger partial charge in [-0.1, -0.05) is 12.1 Å². The van der Waals surface area contributed by atoms with E-state index in [1.54, 1.807) is 31.3 Å². The van der Waals surface area contributed by atoms with Crippen LogP contribution in [0.2, 0.25) is 0 Å². The Morgan fingerprint density at radius 2 is 1.88 bits per heavy atom. The van der Waals surface area contributed by atoms with Crippen LogP contribution in [0.5, 0.6) is 0 Å². The molecular formula is C16H17N5O3S. The van der Waals surface area contributed by atoms with Gasteiger partial charge in [0.2, 0.25) is 5.82 Å². The van der Waals surface area contributed by atoms with E-state index < -0.39 is 15.7 Å². The summed E-state index contributed by atoms with van der Waals surface area (Å²) in [6.45, 7) is 3.64. The molecule has 0 spiro atoms. The number of hydrogen-bond acceptors (Lipinski definition) is 6. The van der Waals surface area contributed by atoms with Crippen molar-refractivity contribution >= 4 is 21.5 Å². The summed E-state index contributed by atoms with van der Waals surface area (Å²) >= 11 is 0. The monoisotopic (exact) mass is 359 g/mol. The van der Waals surface area contributed by atoms with Gasteiger partial charge in [0, 0.05) is 18.1 Å². The first-order valence-electron chi connectivity index (χ1n) is 7.55. The molecule has 0 bridgehead atoms. The summed E-state index contributed by atoms with van der Waals surface area (Å²) < 4.78 is 24.5. The van der Waals surface area contributed by atoms with Crippen LogP contribution in [0.15, 0.2) is 41.4 Å². The Labute approximate surface area is 144 Å². The van der Waals surface area contributed by atoms with E-state index in [1.165, 1.54) is 16.6 Å². The summed E-state index contributed by atoms with van der Waals surface area (Å²) in [4.78, 5) is 20.8. The number of sulfone groups is 1. The van der Waals surface area contributed by atoms with Crippen molar-refractivity contribution in [2.24, 2.45) is 0 Å². The van der Waals surface area contributed by atoms with Crippen molar-refractivity contribution in [2.75, 3.05) is 6.26 Å². The molecule has 0 aliphatic rings. The van der Waals surface area contributed by atoms with Crippen molar-refractivity contribution in [3.8, 4) is 0 Å². The molecule has 1 N–H and O–H groups in total. The number of rotatable bonds is 4. The van der Waals surface area contributed by atoms with Crippen LogP contribution in [-0.4, -0.2) is 40.2 Å². The molecule has 130 valence electrons. The standard InChI is InChI=1S/C16H17N5O3S/c1-10-8-9-17-16-19-14(20-21(10)16)15(22)18-11(2)12-4-6-13(7-5-12)25(3,23)24/h4-9,11H,1-3H3,(H,18,22)/t11-/m1/s1. The minimum Gasteiger partial charge on any atom is -0.343 e. The van der Waals surface area contributed by atoms with Gasteiger partial charge in [-0.25, -0.2) is 17.9 Å². The number of carbonyl (C=O) groups excluding carboxylic acids is 1. The largest absolute Gasteiger partial charge is 0.343 e. The van der Waals surface area contributed by atoms with Crippen molar-refractivity contribution in [2.45, 2.75) is 24.8 Å². The Morgan fingerprint density at radius 1 is 1.20 bits per heavy atom. The lowest BCUT2D eigenvalue weighted by Gasteiger charge is -2.13. The predicted octanol–water partition coefficient (Wildman–Crippen LogP) is 1.33. The number of hydrogen-bond donors (Lipinski definition) is 1. The molecule has 1 aromatic carbocycles. The molecule has 9 heteroatoms. The molecule has 0 saturated carbocycles. The lowest BCUT2D eigenvalue weighted by atomic mass is 10.1. The number of nitrogens with zero attached hydrogens (tertiary/aromatic N) is 4. The second-order valence-corrected chi connectivity index (χ2v) is 7.79. The Hall–Kier alpha value is -2.81. The van der Waals surface area contributed by atoms with Crippen LogP contribution in [0.25, 0.3) is 5.78 Å². The first-order valence-corrected chi connectivity index (χ1v) is 9.44. The van der Waals surface area contributed by atoms with Crippen LogP contribution in [0.1, 0.15) is 34.8 Å². The third-order valence-electron chi connectivity index (χ3n) is 3.79.